The summed E-state index contributed by atoms with van der Waals surface area (Å²) < 4.78 is 37.4. The van der Waals surface area contributed by atoms with Crippen molar-refractivity contribution in [2.75, 3.05) is 5.32 Å². The van der Waals surface area contributed by atoms with Crippen molar-refractivity contribution >= 4 is 17.3 Å². The number of anilines is 1. The van der Waals surface area contributed by atoms with E-state index in [-0.39, 0.29) is 11.1 Å². The average molecular weight is 280 g/mol. The first-order valence-corrected chi connectivity index (χ1v) is 6.39. The standard InChI is InChI=1S/C13H17ClF3N/c1-3-5-10(4-2)18-12-7-6-9(8-11(12)14)13(15,16)17/h6-8,10,18H,3-5H2,1-2H3. The Morgan fingerprint density at radius 1 is 1.28 bits per heavy atom. The second kappa shape index (κ2) is 6.32. The summed E-state index contributed by atoms with van der Waals surface area (Å²) in [6.07, 6.45) is -1.46. The van der Waals surface area contributed by atoms with E-state index in [9.17, 15) is 13.2 Å². The summed E-state index contributed by atoms with van der Waals surface area (Å²) in [5, 5.41) is 3.29. The fourth-order valence-corrected chi connectivity index (χ4v) is 1.99. The lowest BCUT2D eigenvalue weighted by molar-refractivity contribution is -0.137. The molecule has 0 aliphatic rings. The number of hydrogen-bond donors (Lipinski definition) is 1. The molecule has 0 aromatic heterocycles. The molecule has 0 aliphatic heterocycles. The number of nitrogens with one attached hydrogen (secondary N) is 1. The Hall–Kier alpha value is -0.900. The molecule has 1 nitrogen and oxygen atoms in total. The van der Waals surface area contributed by atoms with Gasteiger partial charge in [-0.2, -0.15) is 13.2 Å². The molecule has 0 spiro atoms. The molecule has 1 aromatic rings. The van der Waals surface area contributed by atoms with Crippen LogP contribution in [0.3, 0.4) is 0 Å². The van der Waals surface area contributed by atoms with Gasteiger partial charge >= 0.3 is 6.18 Å². The highest BCUT2D eigenvalue weighted by atomic mass is 35.5. The Balaban J connectivity index is 2.85. The molecule has 0 saturated heterocycles. The Labute approximate surface area is 110 Å². The van der Waals surface area contributed by atoms with Crippen LogP contribution in [-0.4, -0.2) is 6.04 Å². The molecule has 0 heterocycles. The molecule has 1 atom stereocenters. The Kier molecular flexibility index (Phi) is 5.32. The highest BCUT2D eigenvalue weighted by Gasteiger charge is 2.30. The maximum absolute atomic E-state index is 12.5. The number of halogens is 4. The fourth-order valence-electron chi connectivity index (χ4n) is 1.76. The molecule has 1 aromatic carbocycles. The second-order valence-electron chi connectivity index (χ2n) is 4.23. The van der Waals surface area contributed by atoms with Crippen LogP contribution < -0.4 is 5.32 Å². The van der Waals surface area contributed by atoms with Crippen molar-refractivity contribution < 1.29 is 13.2 Å². The van der Waals surface area contributed by atoms with Crippen molar-refractivity contribution in [3.63, 3.8) is 0 Å². The number of alkyl halides is 3. The quantitative estimate of drug-likeness (QED) is 0.766. The third kappa shape index (κ3) is 4.09. The van der Waals surface area contributed by atoms with Crippen molar-refractivity contribution in [1.82, 2.24) is 0 Å². The first-order chi connectivity index (χ1) is 8.38. The number of rotatable bonds is 5. The van der Waals surface area contributed by atoms with Crippen LogP contribution in [0.25, 0.3) is 0 Å². The molecule has 0 radical (unpaired) electrons. The molecule has 18 heavy (non-hydrogen) atoms. The van der Waals surface area contributed by atoms with Gasteiger partial charge in [-0.25, -0.2) is 0 Å². The topological polar surface area (TPSA) is 12.0 Å². The summed E-state index contributed by atoms with van der Waals surface area (Å²) in [5.41, 5.74) is -0.161. The predicted octanol–water partition coefficient (Wildman–Crippen LogP) is 5.35. The van der Waals surface area contributed by atoms with Crippen LogP contribution in [0.4, 0.5) is 18.9 Å². The zero-order valence-corrected chi connectivity index (χ0v) is 11.2. The fraction of sp³-hybridized carbons (Fsp3) is 0.538. The third-order valence-electron chi connectivity index (χ3n) is 2.79. The number of benzene rings is 1. The van der Waals surface area contributed by atoms with E-state index in [1.807, 2.05) is 6.92 Å². The minimum absolute atomic E-state index is 0.111. The van der Waals surface area contributed by atoms with Crippen molar-refractivity contribution in [1.29, 1.82) is 0 Å². The van der Waals surface area contributed by atoms with Gasteiger partial charge in [0, 0.05) is 6.04 Å². The van der Waals surface area contributed by atoms with Crippen molar-refractivity contribution in [2.45, 2.75) is 45.3 Å². The first-order valence-electron chi connectivity index (χ1n) is 6.01. The predicted molar refractivity (Wildman–Crippen MR) is 69.1 cm³/mol. The average Bonchev–Trinajstić information content (AvgIpc) is 2.29. The molecule has 1 N–H and O–H groups in total. The largest absolute Gasteiger partial charge is 0.416 e. The van der Waals surface area contributed by atoms with Gasteiger partial charge in [-0.1, -0.05) is 31.9 Å². The molecular weight excluding hydrogens is 263 g/mol. The monoisotopic (exact) mass is 279 g/mol. The molecule has 0 amide bonds. The lowest BCUT2D eigenvalue weighted by atomic mass is 10.1. The van der Waals surface area contributed by atoms with Crippen molar-refractivity contribution in [2.24, 2.45) is 0 Å². The minimum atomic E-state index is -4.35. The Morgan fingerprint density at radius 3 is 2.39 bits per heavy atom. The SMILES string of the molecule is CCCC(CC)Nc1ccc(C(F)(F)F)cc1Cl. The van der Waals surface area contributed by atoms with E-state index >= 15 is 0 Å². The second-order valence-corrected chi connectivity index (χ2v) is 4.64. The molecule has 1 unspecified atom stereocenters. The smallest absolute Gasteiger partial charge is 0.381 e. The molecule has 0 aliphatic carbocycles. The first kappa shape index (κ1) is 15.2. The normalized spacial score (nSPS) is 13.4. The van der Waals surface area contributed by atoms with Crippen LogP contribution in [0.2, 0.25) is 5.02 Å². The van der Waals surface area contributed by atoms with Gasteiger partial charge in [-0.05, 0) is 31.0 Å². The van der Waals surface area contributed by atoms with E-state index in [2.05, 4.69) is 12.2 Å². The number of hydrogen-bond acceptors (Lipinski definition) is 1. The van der Waals surface area contributed by atoms with Gasteiger partial charge in [0.05, 0.1) is 16.3 Å². The molecule has 0 saturated carbocycles. The maximum Gasteiger partial charge on any atom is 0.416 e. The Bertz CT molecular complexity index is 390. The van der Waals surface area contributed by atoms with Gasteiger partial charge in [-0.15, -0.1) is 0 Å². The van der Waals surface area contributed by atoms with Gasteiger partial charge in [-0.3, -0.25) is 0 Å². The Morgan fingerprint density at radius 2 is 1.94 bits per heavy atom. The summed E-state index contributed by atoms with van der Waals surface area (Å²) in [5.74, 6) is 0. The highest BCUT2D eigenvalue weighted by Crippen LogP contribution is 2.34. The van der Waals surface area contributed by atoms with Crippen LogP contribution in [0, 0.1) is 0 Å². The maximum atomic E-state index is 12.5. The van der Waals surface area contributed by atoms with Crippen molar-refractivity contribution in [3.8, 4) is 0 Å². The molecule has 0 fully saturated rings. The van der Waals surface area contributed by atoms with E-state index < -0.39 is 11.7 Å². The van der Waals surface area contributed by atoms with Gasteiger partial charge in [0.1, 0.15) is 0 Å². The van der Waals surface area contributed by atoms with Crippen LogP contribution in [-0.2, 0) is 6.18 Å². The van der Waals surface area contributed by atoms with E-state index in [0.29, 0.717) is 5.69 Å². The van der Waals surface area contributed by atoms with E-state index in [1.54, 1.807) is 0 Å². The zero-order chi connectivity index (χ0) is 13.8. The third-order valence-corrected chi connectivity index (χ3v) is 3.10. The molecule has 102 valence electrons. The molecule has 0 bridgehead atoms. The van der Waals surface area contributed by atoms with Gasteiger partial charge in [0.15, 0.2) is 0 Å². The van der Waals surface area contributed by atoms with Crippen LogP contribution in [0.15, 0.2) is 18.2 Å². The van der Waals surface area contributed by atoms with E-state index in [0.717, 1.165) is 31.4 Å². The van der Waals surface area contributed by atoms with Crippen LogP contribution >= 0.6 is 11.6 Å². The van der Waals surface area contributed by atoms with E-state index in [4.69, 9.17) is 11.6 Å². The molecular formula is C13H17ClF3N. The van der Waals surface area contributed by atoms with Crippen LogP contribution in [0.1, 0.15) is 38.7 Å². The lowest BCUT2D eigenvalue weighted by Gasteiger charge is -2.19. The van der Waals surface area contributed by atoms with E-state index in [1.165, 1.54) is 6.07 Å². The van der Waals surface area contributed by atoms with Crippen molar-refractivity contribution in [3.05, 3.63) is 28.8 Å². The highest BCUT2D eigenvalue weighted by molar-refractivity contribution is 6.33. The van der Waals surface area contributed by atoms with Crippen LogP contribution in [0.5, 0.6) is 0 Å². The minimum Gasteiger partial charge on any atom is -0.381 e. The van der Waals surface area contributed by atoms with Gasteiger partial charge in [0.2, 0.25) is 0 Å². The zero-order valence-electron chi connectivity index (χ0n) is 10.4. The summed E-state index contributed by atoms with van der Waals surface area (Å²) in [7, 11) is 0. The summed E-state index contributed by atoms with van der Waals surface area (Å²) >= 11 is 5.87. The molecule has 1 rings (SSSR count). The lowest BCUT2D eigenvalue weighted by Crippen LogP contribution is -2.18. The summed E-state index contributed by atoms with van der Waals surface area (Å²) in [4.78, 5) is 0. The van der Waals surface area contributed by atoms with Gasteiger partial charge < -0.3 is 5.32 Å². The summed E-state index contributed by atoms with van der Waals surface area (Å²) in [6.45, 7) is 4.10. The van der Waals surface area contributed by atoms with Gasteiger partial charge in [0.25, 0.3) is 0 Å². The molecule has 5 heteroatoms. The summed E-state index contributed by atoms with van der Waals surface area (Å²) in [6, 6.07) is 3.64.